The van der Waals surface area contributed by atoms with Gasteiger partial charge in [-0.3, -0.25) is 4.79 Å². The van der Waals surface area contributed by atoms with Crippen molar-refractivity contribution in [3.8, 4) is 5.75 Å². The quantitative estimate of drug-likeness (QED) is 0.824. The van der Waals surface area contributed by atoms with Crippen LogP contribution in [0.3, 0.4) is 0 Å². The molecule has 0 aliphatic heterocycles. The van der Waals surface area contributed by atoms with E-state index >= 15 is 0 Å². The zero-order chi connectivity index (χ0) is 16.7. The maximum absolute atomic E-state index is 11.8. The van der Waals surface area contributed by atoms with Crippen LogP contribution in [0.1, 0.15) is 32.1 Å². The zero-order valence-corrected chi connectivity index (χ0v) is 13.9. The second kappa shape index (κ2) is 7.83. The summed E-state index contributed by atoms with van der Waals surface area (Å²) in [6.07, 6.45) is 1.65. The Kier molecular flexibility index (Phi) is 5.82. The lowest BCUT2D eigenvalue weighted by molar-refractivity contribution is -0.124. The summed E-state index contributed by atoms with van der Waals surface area (Å²) in [5.41, 5.74) is 0.743. The number of rotatable bonds is 7. The molecular formula is C18H24N2O3. The molecule has 0 saturated carbocycles. The van der Waals surface area contributed by atoms with Crippen molar-refractivity contribution < 1.29 is 13.9 Å². The van der Waals surface area contributed by atoms with Gasteiger partial charge in [0, 0.05) is 17.6 Å². The number of hydrogen-bond donors (Lipinski definition) is 2. The first-order valence-corrected chi connectivity index (χ1v) is 7.69. The molecule has 0 aliphatic carbocycles. The van der Waals surface area contributed by atoms with Gasteiger partial charge in [0.05, 0.1) is 12.8 Å². The predicted octanol–water partition coefficient (Wildman–Crippen LogP) is 2.86. The van der Waals surface area contributed by atoms with Gasteiger partial charge in [-0.25, -0.2) is 0 Å². The second-order valence-electron chi connectivity index (χ2n) is 6.38. The van der Waals surface area contributed by atoms with Gasteiger partial charge in [0.2, 0.25) is 0 Å². The van der Waals surface area contributed by atoms with E-state index in [1.807, 2.05) is 57.2 Å². The van der Waals surface area contributed by atoms with Crippen LogP contribution in [0.25, 0.3) is 0 Å². The minimum atomic E-state index is -0.259. The van der Waals surface area contributed by atoms with Gasteiger partial charge in [0.15, 0.2) is 6.61 Å². The molecule has 1 aromatic carbocycles. The van der Waals surface area contributed by atoms with Gasteiger partial charge >= 0.3 is 0 Å². The first-order valence-electron chi connectivity index (χ1n) is 7.69. The minimum absolute atomic E-state index is 0.00642. The molecule has 1 aromatic heterocycles. The van der Waals surface area contributed by atoms with Crippen LogP contribution in [0.2, 0.25) is 0 Å². The Morgan fingerprint density at radius 3 is 2.61 bits per heavy atom. The average Bonchev–Trinajstić information content (AvgIpc) is 2.98. The number of hydrogen-bond acceptors (Lipinski definition) is 4. The Balaban J connectivity index is 1.85. The number of carbonyl (C=O) groups is 1. The lowest BCUT2D eigenvalue weighted by Crippen LogP contribution is -2.43. The van der Waals surface area contributed by atoms with Crippen molar-refractivity contribution in [3.63, 3.8) is 0 Å². The van der Waals surface area contributed by atoms with Crippen LogP contribution in [0, 0.1) is 0 Å². The summed E-state index contributed by atoms with van der Waals surface area (Å²) in [5, 5.41) is 6.17. The van der Waals surface area contributed by atoms with E-state index in [1.54, 1.807) is 6.26 Å². The van der Waals surface area contributed by atoms with Crippen LogP contribution in [0.4, 0.5) is 0 Å². The maximum Gasteiger partial charge on any atom is 0.258 e. The first kappa shape index (κ1) is 17.1. The highest BCUT2D eigenvalue weighted by Crippen LogP contribution is 2.18. The molecule has 0 radical (unpaired) electrons. The standard InChI is InChI=1S/C18H24N2O3/c1-18(2,3)20-17(21)13-23-16-9-5-4-7-14(16)11-19-12-15-8-6-10-22-15/h4-10,19H,11-13H2,1-3H3,(H,20,21). The molecule has 0 spiro atoms. The van der Waals surface area contributed by atoms with Crippen LogP contribution in [0.15, 0.2) is 47.1 Å². The smallest absolute Gasteiger partial charge is 0.258 e. The summed E-state index contributed by atoms with van der Waals surface area (Å²) in [6.45, 7) is 7.11. The van der Waals surface area contributed by atoms with Crippen molar-refractivity contribution in [1.82, 2.24) is 10.6 Å². The summed E-state index contributed by atoms with van der Waals surface area (Å²) < 4.78 is 10.9. The summed E-state index contributed by atoms with van der Waals surface area (Å²) in [7, 11) is 0. The molecule has 0 saturated heterocycles. The lowest BCUT2D eigenvalue weighted by atomic mass is 10.1. The SMILES string of the molecule is CC(C)(C)NC(=O)COc1ccccc1CNCc1ccco1. The topological polar surface area (TPSA) is 63.5 Å². The van der Waals surface area contributed by atoms with E-state index in [4.69, 9.17) is 9.15 Å². The lowest BCUT2D eigenvalue weighted by Gasteiger charge is -2.20. The average molecular weight is 316 g/mol. The molecule has 124 valence electrons. The number of nitrogens with one attached hydrogen (secondary N) is 2. The molecule has 0 unspecified atom stereocenters. The monoisotopic (exact) mass is 316 g/mol. The van der Waals surface area contributed by atoms with Crippen molar-refractivity contribution in [1.29, 1.82) is 0 Å². The molecule has 5 nitrogen and oxygen atoms in total. The normalized spacial score (nSPS) is 11.3. The van der Waals surface area contributed by atoms with Gasteiger partial charge in [0.25, 0.3) is 5.91 Å². The van der Waals surface area contributed by atoms with Crippen molar-refractivity contribution in [2.24, 2.45) is 0 Å². The number of benzene rings is 1. The van der Waals surface area contributed by atoms with E-state index in [1.165, 1.54) is 0 Å². The Labute approximate surface area is 137 Å². The Morgan fingerprint density at radius 1 is 1.13 bits per heavy atom. The van der Waals surface area contributed by atoms with Crippen LogP contribution in [-0.2, 0) is 17.9 Å². The van der Waals surface area contributed by atoms with E-state index < -0.39 is 0 Å². The van der Waals surface area contributed by atoms with Crippen molar-refractivity contribution in [3.05, 3.63) is 54.0 Å². The van der Waals surface area contributed by atoms with Gasteiger partial charge in [-0.15, -0.1) is 0 Å². The molecule has 2 rings (SSSR count). The van der Waals surface area contributed by atoms with Gasteiger partial charge in [-0.1, -0.05) is 18.2 Å². The number of amides is 1. The third kappa shape index (κ3) is 6.16. The largest absolute Gasteiger partial charge is 0.483 e. The highest BCUT2D eigenvalue weighted by Gasteiger charge is 2.14. The summed E-state index contributed by atoms with van der Waals surface area (Å²) in [4.78, 5) is 11.8. The third-order valence-corrected chi connectivity index (χ3v) is 3.04. The highest BCUT2D eigenvalue weighted by molar-refractivity contribution is 5.78. The fourth-order valence-electron chi connectivity index (χ4n) is 2.12. The number of furan rings is 1. The second-order valence-corrected chi connectivity index (χ2v) is 6.38. The molecule has 0 atom stereocenters. The molecule has 5 heteroatoms. The first-order chi connectivity index (χ1) is 10.9. The van der Waals surface area contributed by atoms with E-state index in [9.17, 15) is 4.79 Å². The molecule has 0 aliphatic rings. The van der Waals surface area contributed by atoms with E-state index in [2.05, 4.69) is 10.6 Å². The predicted molar refractivity (Wildman–Crippen MR) is 89.1 cm³/mol. The molecular weight excluding hydrogens is 292 g/mol. The fraction of sp³-hybridized carbons (Fsp3) is 0.389. The minimum Gasteiger partial charge on any atom is -0.483 e. The Bertz CT molecular complexity index is 615. The Hall–Kier alpha value is -2.27. The summed E-state index contributed by atoms with van der Waals surface area (Å²) in [5.74, 6) is 1.47. The summed E-state index contributed by atoms with van der Waals surface area (Å²) >= 11 is 0. The molecule has 1 heterocycles. The van der Waals surface area contributed by atoms with Crippen molar-refractivity contribution in [2.45, 2.75) is 39.4 Å². The highest BCUT2D eigenvalue weighted by atomic mass is 16.5. The van der Waals surface area contributed by atoms with Gasteiger partial charge in [0.1, 0.15) is 11.5 Å². The van der Waals surface area contributed by atoms with E-state index in [-0.39, 0.29) is 18.1 Å². The van der Waals surface area contributed by atoms with Crippen LogP contribution in [-0.4, -0.2) is 18.1 Å². The molecule has 0 fully saturated rings. The van der Waals surface area contributed by atoms with E-state index in [0.717, 1.165) is 11.3 Å². The number of ether oxygens (including phenoxy) is 1. The van der Waals surface area contributed by atoms with Crippen LogP contribution >= 0.6 is 0 Å². The molecule has 0 bridgehead atoms. The van der Waals surface area contributed by atoms with Crippen molar-refractivity contribution in [2.75, 3.05) is 6.61 Å². The van der Waals surface area contributed by atoms with Gasteiger partial charge in [-0.05, 0) is 39.0 Å². The maximum atomic E-state index is 11.8. The molecule has 2 N–H and O–H groups in total. The van der Waals surface area contributed by atoms with Crippen molar-refractivity contribution >= 4 is 5.91 Å². The summed E-state index contributed by atoms with van der Waals surface area (Å²) in [6, 6.07) is 11.5. The Morgan fingerprint density at radius 2 is 1.91 bits per heavy atom. The number of carbonyl (C=O) groups excluding carboxylic acids is 1. The molecule has 2 aromatic rings. The molecule has 23 heavy (non-hydrogen) atoms. The van der Waals surface area contributed by atoms with Gasteiger partial charge in [-0.2, -0.15) is 0 Å². The van der Waals surface area contributed by atoms with E-state index in [0.29, 0.717) is 18.8 Å². The molecule has 1 amide bonds. The zero-order valence-electron chi connectivity index (χ0n) is 13.9. The fourth-order valence-corrected chi connectivity index (χ4v) is 2.12. The van der Waals surface area contributed by atoms with Gasteiger partial charge < -0.3 is 19.8 Å². The third-order valence-electron chi connectivity index (χ3n) is 3.04. The van der Waals surface area contributed by atoms with Crippen LogP contribution < -0.4 is 15.4 Å². The number of para-hydroxylation sites is 1. The van der Waals surface area contributed by atoms with Crippen LogP contribution in [0.5, 0.6) is 5.75 Å².